The van der Waals surface area contributed by atoms with Crippen molar-refractivity contribution in [3.05, 3.63) is 52.6 Å². The maximum Gasteiger partial charge on any atom is 0.244 e. The Morgan fingerprint density at radius 2 is 1.74 bits per heavy atom. The van der Waals surface area contributed by atoms with E-state index in [1.807, 2.05) is 26.0 Å². The number of rotatable bonds is 7. The average Bonchev–Trinajstić information content (AvgIpc) is 2.55. The van der Waals surface area contributed by atoms with Crippen LogP contribution in [-0.2, 0) is 15.8 Å². The van der Waals surface area contributed by atoms with Crippen LogP contribution in [0.2, 0.25) is 0 Å². The standard InChI is InChI=1S/C16H19BrN2O2S2/c1-3-19(4-2)23(20,21)15-9-10-16(18-11-15)22-12-13-5-7-14(17)8-6-13/h5-11H,3-4,12H2,1-2H3. The van der Waals surface area contributed by atoms with E-state index in [9.17, 15) is 8.42 Å². The number of thioether (sulfide) groups is 1. The molecule has 7 heteroatoms. The molecule has 124 valence electrons. The summed E-state index contributed by atoms with van der Waals surface area (Å²) >= 11 is 5.00. The molecule has 0 amide bonds. The second-order valence-electron chi connectivity index (χ2n) is 4.84. The Balaban J connectivity index is 2.06. The zero-order valence-corrected chi connectivity index (χ0v) is 16.3. The summed E-state index contributed by atoms with van der Waals surface area (Å²) in [4.78, 5) is 4.52. The third-order valence-corrected chi connectivity index (χ3v) is 6.93. The predicted molar refractivity (Wildman–Crippen MR) is 98.0 cm³/mol. The van der Waals surface area contributed by atoms with Crippen LogP contribution in [-0.4, -0.2) is 30.8 Å². The van der Waals surface area contributed by atoms with Gasteiger partial charge in [0, 0.05) is 29.5 Å². The quantitative estimate of drug-likeness (QED) is 0.637. The molecule has 2 aromatic rings. The zero-order valence-electron chi connectivity index (χ0n) is 13.1. The van der Waals surface area contributed by atoms with Crippen molar-refractivity contribution < 1.29 is 8.42 Å². The predicted octanol–water partition coefficient (Wildman–Crippen LogP) is 4.17. The van der Waals surface area contributed by atoms with Crippen molar-refractivity contribution in [1.29, 1.82) is 0 Å². The minimum absolute atomic E-state index is 0.245. The van der Waals surface area contributed by atoms with Gasteiger partial charge in [-0.15, -0.1) is 11.8 Å². The Morgan fingerprint density at radius 3 is 2.26 bits per heavy atom. The molecule has 0 fully saturated rings. The fourth-order valence-electron chi connectivity index (χ4n) is 2.06. The normalized spacial score (nSPS) is 11.8. The maximum atomic E-state index is 12.4. The summed E-state index contributed by atoms with van der Waals surface area (Å²) in [6, 6.07) is 11.5. The van der Waals surface area contributed by atoms with Gasteiger partial charge in [0.25, 0.3) is 0 Å². The number of hydrogen-bond acceptors (Lipinski definition) is 4. The Morgan fingerprint density at radius 1 is 1.09 bits per heavy atom. The van der Waals surface area contributed by atoms with Crippen LogP contribution in [0.15, 0.2) is 57.0 Å². The van der Waals surface area contributed by atoms with Gasteiger partial charge in [-0.1, -0.05) is 41.9 Å². The van der Waals surface area contributed by atoms with E-state index >= 15 is 0 Å². The lowest BCUT2D eigenvalue weighted by Crippen LogP contribution is -2.30. The fourth-order valence-corrected chi connectivity index (χ4v) is 4.52. The molecule has 0 radical (unpaired) electrons. The van der Waals surface area contributed by atoms with Crippen LogP contribution >= 0.6 is 27.7 Å². The van der Waals surface area contributed by atoms with Crippen LogP contribution < -0.4 is 0 Å². The van der Waals surface area contributed by atoms with Crippen LogP contribution in [0.5, 0.6) is 0 Å². The van der Waals surface area contributed by atoms with Crippen molar-refractivity contribution in [3.8, 4) is 0 Å². The van der Waals surface area contributed by atoms with Crippen molar-refractivity contribution in [3.63, 3.8) is 0 Å². The van der Waals surface area contributed by atoms with Crippen molar-refractivity contribution in [2.24, 2.45) is 0 Å². The molecule has 23 heavy (non-hydrogen) atoms. The molecule has 0 aliphatic heterocycles. The molecular formula is C16H19BrN2O2S2. The van der Waals surface area contributed by atoms with Gasteiger partial charge in [0.1, 0.15) is 4.90 Å². The molecule has 0 aliphatic rings. The number of aromatic nitrogens is 1. The molecule has 4 nitrogen and oxygen atoms in total. The number of sulfonamides is 1. The number of pyridine rings is 1. The first-order valence-electron chi connectivity index (χ1n) is 7.30. The SMILES string of the molecule is CCN(CC)S(=O)(=O)c1ccc(SCc2ccc(Br)cc2)nc1. The van der Waals surface area contributed by atoms with E-state index in [0.717, 1.165) is 15.3 Å². The summed E-state index contributed by atoms with van der Waals surface area (Å²) in [7, 11) is -3.43. The van der Waals surface area contributed by atoms with Gasteiger partial charge in [0.05, 0.1) is 5.03 Å². The Bertz CT molecular complexity index is 728. The van der Waals surface area contributed by atoms with E-state index in [2.05, 4.69) is 33.0 Å². The summed E-state index contributed by atoms with van der Waals surface area (Å²) in [5, 5.41) is 0.811. The van der Waals surface area contributed by atoms with E-state index in [1.54, 1.807) is 23.9 Å². The first-order chi connectivity index (χ1) is 11.0. The third-order valence-electron chi connectivity index (χ3n) is 3.35. The monoisotopic (exact) mass is 414 g/mol. The third kappa shape index (κ3) is 4.79. The van der Waals surface area contributed by atoms with E-state index in [1.165, 1.54) is 16.1 Å². The lowest BCUT2D eigenvalue weighted by molar-refractivity contribution is 0.445. The van der Waals surface area contributed by atoms with Gasteiger partial charge in [-0.05, 0) is 29.8 Å². The molecule has 1 heterocycles. The Labute approximate surface area is 150 Å². The van der Waals surface area contributed by atoms with Gasteiger partial charge in [-0.25, -0.2) is 13.4 Å². The highest BCUT2D eigenvalue weighted by molar-refractivity contribution is 9.10. The van der Waals surface area contributed by atoms with Crippen LogP contribution in [0.4, 0.5) is 0 Å². The fraction of sp³-hybridized carbons (Fsp3) is 0.312. The van der Waals surface area contributed by atoms with Gasteiger partial charge < -0.3 is 0 Å². The highest BCUT2D eigenvalue weighted by atomic mass is 79.9. The zero-order chi connectivity index (χ0) is 16.9. The van der Waals surface area contributed by atoms with E-state index < -0.39 is 10.0 Å². The molecule has 0 spiro atoms. The molecule has 0 aliphatic carbocycles. The summed E-state index contributed by atoms with van der Waals surface area (Å²) in [5.74, 6) is 0.794. The van der Waals surface area contributed by atoms with Crippen molar-refractivity contribution >= 4 is 37.7 Å². The molecule has 0 bridgehead atoms. The second kappa shape index (κ2) is 8.28. The maximum absolute atomic E-state index is 12.4. The van der Waals surface area contributed by atoms with Crippen LogP contribution in [0, 0.1) is 0 Å². The Hall–Kier alpha value is -0.890. The minimum atomic E-state index is -3.43. The van der Waals surface area contributed by atoms with E-state index in [-0.39, 0.29) is 4.90 Å². The summed E-state index contributed by atoms with van der Waals surface area (Å²) < 4.78 is 27.3. The molecule has 0 N–H and O–H groups in total. The Kier molecular flexibility index (Phi) is 6.64. The highest BCUT2D eigenvalue weighted by Crippen LogP contribution is 2.23. The largest absolute Gasteiger partial charge is 0.249 e. The number of hydrogen-bond donors (Lipinski definition) is 0. The van der Waals surface area contributed by atoms with E-state index in [0.29, 0.717) is 13.1 Å². The lowest BCUT2D eigenvalue weighted by Gasteiger charge is -2.18. The van der Waals surface area contributed by atoms with Crippen molar-refractivity contribution in [2.45, 2.75) is 29.5 Å². The molecule has 2 rings (SSSR count). The summed E-state index contributed by atoms with van der Waals surface area (Å²) in [5.41, 5.74) is 1.19. The van der Waals surface area contributed by atoms with Crippen LogP contribution in [0.1, 0.15) is 19.4 Å². The smallest absolute Gasteiger partial charge is 0.244 e. The lowest BCUT2D eigenvalue weighted by atomic mass is 10.2. The number of benzene rings is 1. The highest BCUT2D eigenvalue weighted by Gasteiger charge is 2.21. The average molecular weight is 415 g/mol. The van der Waals surface area contributed by atoms with Crippen LogP contribution in [0.3, 0.4) is 0 Å². The van der Waals surface area contributed by atoms with Gasteiger partial charge in [-0.3, -0.25) is 0 Å². The minimum Gasteiger partial charge on any atom is -0.249 e. The van der Waals surface area contributed by atoms with E-state index in [4.69, 9.17) is 0 Å². The number of halogens is 1. The molecule has 0 saturated carbocycles. The first kappa shape index (κ1) is 18.4. The molecule has 1 aromatic heterocycles. The van der Waals surface area contributed by atoms with Gasteiger partial charge in [0.2, 0.25) is 10.0 Å². The van der Waals surface area contributed by atoms with Crippen LogP contribution in [0.25, 0.3) is 0 Å². The van der Waals surface area contributed by atoms with Gasteiger partial charge >= 0.3 is 0 Å². The summed E-state index contributed by atoms with van der Waals surface area (Å²) in [6.45, 7) is 4.58. The van der Waals surface area contributed by atoms with Gasteiger partial charge in [-0.2, -0.15) is 4.31 Å². The summed E-state index contributed by atoms with van der Waals surface area (Å²) in [6.07, 6.45) is 1.44. The van der Waals surface area contributed by atoms with Crippen molar-refractivity contribution in [1.82, 2.24) is 9.29 Å². The molecule has 0 saturated heterocycles. The topological polar surface area (TPSA) is 50.3 Å². The first-order valence-corrected chi connectivity index (χ1v) is 10.5. The molecule has 0 unspecified atom stereocenters. The van der Waals surface area contributed by atoms with Gasteiger partial charge in [0.15, 0.2) is 0 Å². The molecule has 1 aromatic carbocycles. The second-order valence-corrected chi connectivity index (χ2v) is 8.69. The van der Waals surface area contributed by atoms with Crippen molar-refractivity contribution in [2.75, 3.05) is 13.1 Å². The molecular weight excluding hydrogens is 396 g/mol. The number of nitrogens with zero attached hydrogens (tertiary/aromatic N) is 2. The molecule has 0 atom stereocenters.